The minimum atomic E-state index is -0.404. The molecule has 5 nitrogen and oxygen atoms in total. The molecule has 2 unspecified atom stereocenters. The fourth-order valence-electron chi connectivity index (χ4n) is 1.55. The first-order valence-corrected chi connectivity index (χ1v) is 5.19. The highest BCUT2D eigenvalue weighted by Crippen LogP contribution is 2.28. The molecular formula is C10H15N3O2. The number of ether oxygens (including phenoxy) is 1. The number of aromatic nitrogens is 2. The summed E-state index contributed by atoms with van der Waals surface area (Å²) >= 11 is 0. The summed E-state index contributed by atoms with van der Waals surface area (Å²) in [4.78, 5) is 11.1. The third-order valence-corrected chi connectivity index (χ3v) is 2.71. The van der Waals surface area contributed by atoms with Gasteiger partial charge >= 0.3 is 6.09 Å². The third-order valence-electron chi connectivity index (χ3n) is 2.71. The van der Waals surface area contributed by atoms with Gasteiger partial charge in [0, 0.05) is 6.04 Å². The standard InChI is InChI=1S/C10H15N3O2/c1-4-6(2)13-5-8-9(12-13)7(3)11-10(14)15-8/h5-7H,4H2,1-3H3,(H,11,14). The Morgan fingerprint density at radius 3 is 3.13 bits per heavy atom. The highest BCUT2D eigenvalue weighted by Gasteiger charge is 2.26. The SMILES string of the molecule is CCC(C)n1cc2c(n1)C(C)NC(=O)O2. The van der Waals surface area contributed by atoms with E-state index in [-0.39, 0.29) is 6.04 Å². The van der Waals surface area contributed by atoms with Crippen molar-refractivity contribution in [2.45, 2.75) is 39.3 Å². The number of rotatable bonds is 2. The van der Waals surface area contributed by atoms with Crippen molar-refractivity contribution in [1.82, 2.24) is 15.1 Å². The first-order valence-electron chi connectivity index (χ1n) is 5.19. The van der Waals surface area contributed by atoms with Crippen molar-refractivity contribution in [2.75, 3.05) is 0 Å². The predicted molar refractivity (Wildman–Crippen MR) is 54.8 cm³/mol. The number of carbonyl (C=O) groups excluding carboxylic acids is 1. The van der Waals surface area contributed by atoms with Crippen LogP contribution in [0.25, 0.3) is 0 Å². The molecule has 2 rings (SSSR count). The summed E-state index contributed by atoms with van der Waals surface area (Å²) < 4.78 is 6.89. The van der Waals surface area contributed by atoms with E-state index in [2.05, 4.69) is 24.3 Å². The molecule has 5 heteroatoms. The Labute approximate surface area is 88.4 Å². The maximum absolute atomic E-state index is 11.1. The van der Waals surface area contributed by atoms with Crippen LogP contribution < -0.4 is 10.1 Å². The number of amides is 1. The summed E-state index contributed by atoms with van der Waals surface area (Å²) in [5, 5.41) is 7.08. The quantitative estimate of drug-likeness (QED) is 0.810. The van der Waals surface area contributed by atoms with Crippen LogP contribution >= 0.6 is 0 Å². The van der Waals surface area contributed by atoms with Gasteiger partial charge in [-0.1, -0.05) is 6.92 Å². The third kappa shape index (κ3) is 1.69. The summed E-state index contributed by atoms with van der Waals surface area (Å²) in [6, 6.07) is 0.244. The molecule has 2 heterocycles. The van der Waals surface area contributed by atoms with Crippen LogP contribution in [0.15, 0.2) is 6.20 Å². The van der Waals surface area contributed by atoms with Crippen molar-refractivity contribution >= 4 is 6.09 Å². The van der Waals surface area contributed by atoms with Gasteiger partial charge in [0.05, 0.1) is 12.2 Å². The van der Waals surface area contributed by atoms with E-state index in [9.17, 15) is 4.79 Å². The first-order chi connectivity index (χ1) is 7.11. The molecule has 15 heavy (non-hydrogen) atoms. The second-order valence-corrected chi connectivity index (χ2v) is 3.87. The number of hydrogen-bond donors (Lipinski definition) is 1. The lowest BCUT2D eigenvalue weighted by atomic mass is 10.2. The van der Waals surface area contributed by atoms with E-state index in [1.54, 1.807) is 6.20 Å². The van der Waals surface area contributed by atoms with Crippen molar-refractivity contribution < 1.29 is 9.53 Å². The van der Waals surface area contributed by atoms with Gasteiger partial charge in [-0.25, -0.2) is 4.79 Å². The van der Waals surface area contributed by atoms with Gasteiger partial charge < -0.3 is 10.1 Å². The van der Waals surface area contributed by atoms with Gasteiger partial charge in [0.15, 0.2) is 5.75 Å². The summed E-state index contributed by atoms with van der Waals surface area (Å²) in [5.41, 5.74) is 0.801. The Hall–Kier alpha value is -1.52. The van der Waals surface area contributed by atoms with Crippen molar-refractivity contribution in [3.05, 3.63) is 11.9 Å². The van der Waals surface area contributed by atoms with Crippen LogP contribution in [0.4, 0.5) is 4.79 Å². The maximum Gasteiger partial charge on any atom is 0.413 e. The molecule has 0 saturated heterocycles. The highest BCUT2D eigenvalue weighted by molar-refractivity contribution is 5.73. The van der Waals surface area contributed by atoms with Gasteiger partial charge in [0.1, 0.15) is 5.69 Å². The zero-order valence-corrected chi connectivity index (χ0v) is 9.15. The van der Waals surface area contributed by atoms with Gasteiger partial charge in [-0.3, -0.25) is 4.68 Å². The minimum Gasteiger partial charge on any atom is -0.407 e. The molecule has 1 aliphatic heterocycles. The molecule has 1 aliphatic rings. The Bertz CT molecular complexity index is 386. The number of nitrogens with one attached hydrogen (secondary N) is 1. The van der Waals surface area contributed by atoms with Gasteiger partial charge in [0.25, 0.3) is 0 Å². The number of nitrogens with zero attached hydrogens (tertiary/aromatic N) is 2. The Kier molecular flexibility index (Phi) is 2.38. The molecule has 1 amide bonds. The van der Waals surface area contributed by atoms with Crippen LogP contribution in [-0.4, -0.2) is 15.9 Å². The first kappa shape index (κ1) is 10.0. The van der Waals surface area contributed by atoms with Crippen molar-refractivity contribution in [2.24, 2.45) is 0 Å². The monoisotopic (exact) mass is 209 g/mol. The number of hydrogen-bond acceptors (Lipinski definition) is 3. The molecule has 0 saturated carbocycles. The van der Waals surface area contributed by atoms with Crippen LogP contribution in [0.5, 0.6) is 5.75 Å². The zero-order chi connectivity index (χ0) is 11.0. The summed E-state index contributed by atoms with van der Waals surface area (Å²) in [6.07, 6.45) is 2.38. The minimum absolute atomic E-state index is 0.0773. The lowest BCUT2D eigenvalue weighted by Gasteiger charge is -2.17. The van der Waals surface area contributed by atoms with Crippen LogP contribution in [0.1, 0.15) is 45.0 Å². The number of fused-ring (bicyclic) bond motifs is 1. The number of carbonyl (C=O) groups is 1. The average Bonchev–Trinajstić information content (AvgIpc) is 2.60. The van der Waals surface area contributed by atoms with E-state index in [0.29, 0.717) is 11.8 Å². The second kappa shape index (κ2) is 3.56. The maximum atomic E-state index is 11.1. The van der Waals surface area contributed by atoms with Crippen LogP contribution in [0.3, 0.4) is 0 Å². The van der Waals surface area contributed by atoms with E-state index in [1.807, 2.05) is 11.6 Å². The zero-order valence-electron chi connectivity index (χ0n) is 9.15. The van der Waals surface area contributed by atoms with Crippen LogP contribution in [0.2, 0.25) is 0 Å². The van der Waals surface area contributed by atoms with E-state index in [0.717, 1.165) is 12.1 Å². The molecule has 1 N–H and O–H groups in total. The van der Waals surface area contributed by atoms with Crippen molar-refractivity contribution in [3.63, 3.8) is 0 Å². The molecule has 0 spiro atoms. The van der Waals surface area contributed by atoms with Gasteiger partial charge in [-0.2, -0.15) is 5.10 Å². The highest BCUT2D eigenvalue weighted by atomic mass is 16.6. The van der Waals surface area contributed by atoms with E-state index >= 15 is 0 Å². The van der Waals surface area contributed by atoms with E-state index in [4.69, 9.17) is 4.74 Å². The summed E-state index contributed by atoms with van der Waals surface area (Å²) in [7, 11) is 0. The predicted octanol–water partition coefficient (Wildman–Crippen LogP) is 2.02. The largest absolute Gasteiger partial charge is 0.413 e. The summed E-state index contributed by atoms with van der Waals surface area (Å²) in [6.45, 7) is 6.07. The smallest absolute Gasteiger partial charge is 0.407 e. The molecule has 82 valence electrons. The molecule has 0 aliphatic carbocycles. The molecule has 1 aromatic heterocycles. The van der Waals surface area contributed by atoms with E-state index in [1.165, 1.54) is 0 Å². The summed E-state index contributed by atoms with van der Waals surface area (Å²) in [5.74, 6) is 0.576. The normalized spacial score (nSPS) is 21.5. The van der Waals surface area contributed by atoms with Gasteiger partial charge in [0.2, 0.25) is 0 Å². The lowest BCUT2D eigenvalue weighted by Crippen LogP contribution is -2.34. The molecule has 0 fully saturated rings. The Morgan fingerprint density at radius 2 is 2.47 bits per heavy atom. The van der Waals surface area contributed by atoms with Gasteiger partial charge in [-0.15, -0.1) is 0 Å². The molecule has 2 atom stereocenters. The average molecular weight is 209 g/mol. The Balaban J connectivity index is 2.34. The molecule has 1 aromatic rings. The topological polar surface area (TPSA) is 56.2 Å². The van der Waals surface area contributed by atoms with E-state index < -0.39 is 6.09 Å². The van der Waals surface area contributed by atoms with Crippen molar-refractivity contribution in [3.8, 4) is 5.75 Å². The fourth-order valence-corrected chi connectivity index (χ4v) is 1.55. The Morgan fingerprint density at radius 1 is 1.73 bits per heavy atom. The molecule has 0 aromatic carbocycles. The molecular weight excluding hydrogens is 194 g/mol. The van der Waals surface area contributed by atoms with Crippen LogP contribution in [-0.2, 0) is 0 Å². The molecule has 0 radical (unpaired) electrons. The van der Waals surface area contributed by atoms with Crippen molar-refractivity contribution in [1.29, 1.82) is 0 Å². The van der Waals surface area contributed by atoms with Gasteiger partial charge in [-0.05, 0) is 20.3 Å². The van der Waals surface area contributed by atoms with Crippen LogP contribution in [0, 0.1) is 0 Å². The molecule has 0 bridgehead atoms. The fraction of sp³-hybridized carbons (Fsp3) is 0.600. The lowest BCUT2D eigenvalue weighted by molar-refractivity contribution is 0.189. The second-order valence-electron chi connectivity index (χ2n) is 3.87.